The monoisotopic (exact) mass is 392 g/mol. The molecular formula is C28H37F. The van der Waals surface area contributed by atoms with Crippen molar-refractivity contribution in [2.45, 2.75) is 96.3 Å². The van der Waals surface area contributed by atoms with Crippen LogP contribution >= 0.6 is 0 Å². The maximum Gasteiger partial charge on any atom is 0.126 e. The summed E-state index contributed by atoms with van der Waals surface area (Å²) in [6, 6.07) is 13.2. The van der Waals surface area contributed by atoms with Crippen LogP contribution in [0.1, 0.15) is 105 Å². The molecule has 2 aromatic rings. The second-order valence-electron chi connectivity index (χ2n) is 9.58. The van der Waals surface area contributed by atoms with Gasteiger partial charge in [0.25, 0.3) is 0 Å². The van der Waals surface area contributed by atoms with Crippen molar-refractivity contribution in [2.24, 2.45) is 5.92 Å². The normalized spacial score (nSPS) is 24.3. The van der Waals surface area contributed by atoms with Gasteiger partial charge in [-0.15, -0.1) is 0 Å². The lowest BCUT2D eigenvalue weighted by Gasteiger charge is -2.29. The van der Waals surface area contributed by atoms with Crippen LogP contribution in [-0.2, 0) is 19.3 Å². The molecule has 0 bridgehead atoms. The maximum atomic E-state index is 15.1. The summed E-state index contributed by atoms with van der Waals surface area (Å²) in [6.07, 6.45) is 13.3. The van der Waals surface area contributed by atoms with Gasteiger partial charge in [0.05, 0.1) is 0 Å². The largest absolute Gasteiger partial charge is 0.207 e. The molecule has 0 nitrogen and oxygen atoms in total. The first kappa shape index (κ1) is 20.6. The number of aryl methyl sites for hydroxylation is 2. The lowest BCUT2D eigenvalue weighted by Crippen LogP contribution is -2.16. The lowest BCUT2D eigenvalue weighted by molar-refractivity contribution is 0.308. The molecule has 0 saturated heterocycles. The zero-order valence-corrected chi connectivity index (χ0v) is 18.4. The van der Waals surface area contributed by atoms with E-state index in [0.717, 1.165) is 37.2 Å². The van der Waals surface area contributed by atoms with Crippen molar-refractivity contribution in [2.75, 3.05) is 0 Å². The van der Waals surface area contributed by atoms with Gasteiger partial charge in [-0.2, -0.15) is 0 Å². The van der Waals surface area contributed by atoms with E-state index in [2.05, 4.69) is 44.2 Å². The van der Waals surface area contributed by atoms with Gasteiger partial charge in [0.15, 0.2) is 0 Å². The molecule has 1 unspecified atom stereocenters. The minimum atomic E-state index is 0.0363. The SMILES string of the molecule is CCCc1ccc2c(c1)CCC(c1ccc(C3CCC(CCC)CC3)cc1F)C2. The molecule has 2 aromatic carbocycles. The minimum absolute atomic E-state index is 0.0363. The van der Waals surface area contributed by atoms with Crippen LogP contribution in [0.25, 0.3) is 0 Å². The van der Waals surface area contributed by atoms with E-state index in [4.69, 9.17) is 0 Å². The van der Waals surface area contributed by atoms with Crippen molar-refractivity contribution in [1.29, 1.82) is 0 Å². The molecule has 29 heavy (non-hydrogen) atoms. The molecule has 1 fully saturated rings. The molecule has 0 heterocycles. The Hall–Kier alpha value is -1.63. The third-order valence-electron chi connectivity index (χ3n) is 7.52. The fraction of sp³-hybridized carbons (Fsp3) is 0.571. The molecule has 4 rings (SSSR count). The standard InChI is InChI=1S/C28H37F/c1-3-5-20-7-10-22(11-8-20)25-15-16-27(28(29)19-25)26-14-13-23-17-21(6-4-2)9-12-24(23)18-26/h9,12,15-17,19-20,22,26H,3-8,10-11,13-14,18H2,1-2H3. The molecule has 0 radical (unpaired) electrons. The number of hydrogen-bond donors (Lipinski definition) is 0. The predicted octanol–water partition coefficient (Wildman–Crippen LogP) is 8.12. The molecule has 2 aliphatic rings. The van der Waals surface area contributed by atoms with Crippen molar-refractivity contribution < 1.29 is 4.39 Å². The summed E-state index contributed by atoms with van der Waals surface area (Å²) in [5.74, 6) is 1.83. The Morgan fingerprint density at radius 2 is 1.66 bits per heavy atom. The molecule has 2 aliphatic carbocycles. The summed E-state index contributed by atoms with van der Waals surface area (Å²) >= 11 is 0. The average molecular weight is 393 g/mol. The van der Waals surface area contributed by atoms with Gasteiger partial charge in [-0.1, -0.05) is 63.4 Å². The first-order valence-corrected chi connectivity index (χ1v) is 12.1. The summed E-state index contributed by atoms with van der Waals surface area (Å²) in [7, 11) is 0. The average Bonchev–Trinajstić information content (AvgIpc) is 2.74. The van der Waals surface area contributed by atoms with Crippen molar-refractivity contribution in [3.05, 3.63) is 70.0 Å². The van der Waals surface area contributed by atoms with Gasteiger partial charge in [0, 0.05) is 0 Å². The van der Waals surface area contributed by atoms with Crippen LogP contribution in [0.4, 0.5) is 4.39 Å². The number of hydrogen-bond acceptors (Lipinski definition) is 0. The van der Waals surface area contributed by atoms with E-state index >= 15 is 4.39 Å². The fourth-order valence-corrected chi connectivity index (χ4v) is 5.84. The Labute approximate surface area is 176 Å². The van der Waals surface area contributed by atoms with Crippen molar-refractivity contribution in [1.82, 2.24) is 0 Å². The van der Waals surface area contributed by atoms with Crippen LogP contribution in [0.5, 0.6) is 0 Å². The molecule has 0 aromatic heterocycles. The van der Waals surface area contributed by atoms with Crippen molar-refractivity contribution in [3.8, 4) is 0 Å². The first-order valence-electron chi connectivity index (χ1n) is 12.1. The summed E-state index contributed by atoms with van der Waals surface area (Å²) in [5, 5.41) is 0. The van der Waals surface area contributed by atoms with Gasteiger partial charge in [-0.25, -0.2) is 4.39 Å². The summed E-state index contributed by atoms with van der Waals surface area (Å²) < 4.78 is 15.1. The molecule has 1 saturated carbocycles. The third-order valence-corrected chi connectivity index (χ3v) is 7.52. The molecule has 1 heteroatoms. The topological polar surface area (TPSA) is 0 Å². The number of rotatable bonds is 6. The van der Waals surface area contributed by atoms with Gasteiger partial charge in [-0.3, -0.25) is 0 Å². The lowest BCUT2D eigenvalue weighted by atomic mass is 9.76. The zero-order chi connectivity index (χ0) is 20.2. The number of fused-ring (bicyclic) bond motifs is 1. The Kier molecular flexibility index (Phi) is 6.73. The highest BCUT2D eigenvalue weighted by Crippen LogP contribution is 2.39. The highest BCUT2D eigenvalue weighted by Gasteiger charge is 2.25. The first-order chi connectivity index (χ1) is 14.2. The van der Waals surface area contributed by atoms with Crippen LogP contribution in [-0.4, -0.2) is 0 Å². The molecule has 156 valence electrons. The maximum absolute atomic E-state index is 15.1. The fourth-order valence-electron chi connectivity index (χ4n) is 5.84. The minimum Gasteiger partial charge on any atom is -0.207 e. The van der Waals surface area contributed by atoms with E-state index < -0.39 is 0 Å². The van der Waals surface area contributed by atoms with Gasteiger partial charge < -0.3 is 0 Å². The summed E-state index contributed by atoms with van der Waals surface area (Å²) in [5.41, 5.74) is 6.55. The molecule has 0 spiro atoms. The van der Waals surface area contributed by atoms with Gasteiger partial charge in [-0.05, 0) is 103 Å². The Morgan fingerprint density at radius 1 is 0.828 bits per heavy atom. The van der Waals surface area contributed by atoms with Crippen LogP contribution < -0.4 is 0 Å². The van der Waals surface area contributed by atoms with Crippen LogP contribution in [0.3, 0.4) is 0 Å². The Bertz CT molecular complexity index is 813. The van der Waals surface area contributed by atoms with Gasteiger partial charge >= 0.3 is 0 Å². The summed E-state index contributed by atoms with van der Waals surface area (Å²) in [6.45, 7) is 4.52. The van der Waals surface area contributed by atoms with E-state index in [0.29, 0.717) is 11.8 Å². The zero-order valence-electron chi connectivity index (χ0n) is 18.4. The Balaban J connectivity index is 1.43. The molecule has 0 aliphatic heterocycles. The second-order valence-corrected chi connectivity index (χ2v) is 9.58. The molecule has 1 atom stereocenters. The summed E-state index contributed by atoms with van der Waals surface area (Å²) in [4.78, 5) is 0. The van der Waals surface area contributed by atoms with Crippen molar-refractivity contribution in [3.63, 3.8) is 0 Å². The van der Waals surface area contributed by atoms with Crippen LogP contribution in [0, 0.1) is 11.7 Å². The van der Waals surface area contributed by atoms with Crippen LogP contribution in [0.15, 0.2) is 36.4 Å². The number of halogens is 1. The molecular weight excluding hydrogens is 355 g/mol. The quantitative estimate of drug-likeness (QED) is 0.465. The van der Waals surface area contributed by atoms with Gasteiger partial charge in [0.1, 0.15) is 5.82 Å². The van der Waals surface area contributed by atoms with Crippen molar-refractivity contribution >= 4 is 0 Å². The molecule has 0 amide bonds. The second kappa shape index (κ2) is 9.45. The smallest absolute Gasteiger partial charge is 0.126 e. The highest BCUT2D eigenvalue weighted by atomic mass is 19.1. The van der Waals surface area contributed by atoms with E-state index in [1.807, 2.05) is 6.07 Å². The number of benzene rings is 2. The Morgan fingerprint density at radius 3 is 2.38 bits per heavy atom. The third kappa shape index (κ3) is 4.76. The van der Waals surface area contributed by atoms with E-state index in [1.54, 1.807) is 0 Å². The van der Waals surface area contributed by atoms with E-state index in [1.165, 1.54) is 67.2 Å². The van der Waals surface area contributed by atoms with Gasteiger partial charge in [0.2, 0.25) is 0 Å². The van der Waals surface area contributed by atoms with Crippen LogP contribution in [0.2, 0.25) is 0 Å². The highest BCUT2D eigenvalue weighted by molar-refractivity contribution is 5.38. The van der Waals surface area contributed by atoms with E-state index in [9.17, 15) is 0 Å². The van der Waals surface area contributed by atoms with E-state index in [-0.39, 0.29) is 5.82 Å². The molecule has 0 N–H and O–H groups in total. The predicted molar refractivity (Wildman–Crippen MR) is 121 cm³/mol.